The molecule has 11 nitrogen and oxygen atoms in total. The maximum atomic E-state index is 12.9. The van der Waals surface area contributed by atoms with Crippen LogP contribution in [0.5, 0.6) is 0 Å². The zero-order chi connectivity index (χ0) is 34.2. The fourth-order valence-electron chi connectivity index (χ4n) is 5.42. The van der Waals surface area contributed by atoms with E-state index in [2.05, 4.69) is 31.3 Å². The second-order valence-corrected chi connectivity index (χ2v) is 12.6. The molecule has 1 saturated heterocycles. The molecule has 9 atom stereocenters. The first kappa shape index (κ1) is 42.6. The maximum Gasteiger partial charge on any atom is 0.249 e. The minimum atomic E-state index is -1.67. The molecule has 1 aliphatic rings. The van der Waals surface area contributed by atoms with Gasteiger partial charge < -0.3 is 50.5 Å². The molecule has 1 amide bonds. The van der Waals surface area contributed by atoms with Gasteiger partial charge in [0.25, 0.3) is 0 Å². The van der Waals surface area contributed by atoms with Crippen LogP contribution < -0.4 is 5.32 Å². The van der Waals surface area contributed by atoms with Gasteiger partial charge >= 0.3 is 0 Å². The van der Waals surface area contributed by atoms with Crippen LogP contribution in [0.1, 0.15) is 123 Å². The lowest BCUT2D eigenvalue weighted by molar-refractivity contribution is -0.303. The van der Waals surface area contributed by atoms with Crippen molar-refractivity contribution in [3.8, 4) is 0 Å². The molecule has 0 radical (unpaired) electrons. The van der Waals surface area contributed by atoms with Crippen LogP contribution in [0.2, 0.25) is 0 Å². The van der Waals surface area contributed by atoms with Crippen LogP contribution in [-0.2, 0) is 14.3 Å². The number of hydrogen-bond acceptors (Lipinski definition) is 10. The third-order valence-electron chi connectivity index (χ3n) is 8.52. The summed E-state index contributed by atoms with van der Waals surface area (Å²) in [5.74, 6) is -0.771. The van der Waals surface area contributed by atoms with E-state index in [9.17, 15) is 40.5 Å². The van der Waals surface area contributed by atoms with Crippen LogP contribution in [0.4, 0.5) is 0 Å². The number of rotatable bonds is 27. The maximum absolute atomic E-state index is 12.9. The largest absolute Gasteiger partial charge is 0.394 e. The molecule has 1 fully saturated rings. The van der Waals surface area contributed by atoms with Gasteiger partial charge in [0.05, 0.1) is 25.4 Å². The summed E-state index contributed by atoms with van der Waals surface area (Å²) in [4.78, 5) is 12.9. The number of ether oxygens (including phenoxy) is 2. The van der Waals surface area contributed by atoms with Crippen molar-refractivity contribution in [2.24, 2.45) is 0 Å². The Morgan fingerprint density at radius 2 is 1.37 bits per heavy atom. The highest BCUT2D eigenvalue weighted by atomic mass is 16.7. The van der Waals surface area contributed by atoms with E-state index < -0.39 is 74.2 Å². The van der Waals surface area contributed by atoms with Gasteiger partial charge in [-0.25, -0.2) is 0 Å². The number of hydrogen-bond donors (Lipinski definition) is 8. The molecule has 0 aromatic rings. The number of unbranched alkanes of at least 4 members (excludes halogenated alkanes) is 12. The Morgan fingerprint density at radius 1 is 0.783 bits per heavy atom. The first-order valence-corrected chi connectivity index (χ1v) is 17.7. The van der Waals surface area contributed by atoms with Gasteiger partial charge in [0.15, 0.2) is 6.29 Å². The zero-order valence-electron chi connectivity index (χ0n) is 28.3. The van der Waals surface area contributed by atoms with E-state index in [1.807, 2.05) is 6.08 Å². The van der Waals surface area contributed by atoms with E-state index in [0.717, 1.165) is 32.1 Å². The average Bonchev–Trinajstić information content (AvgIpc) is 3.05. The molecule has 0 bridgehead atoms. The van der Waals surface area contributed by atoms with Crippen molar-refractivity contribution < 1.29 is 50.0 Å². The van der Waals surface area contributed by atoms with Crippen molar-refractivity contribution in [3.05, 3.63) is 24.3 Å². The number of amides is 1. The number of carbonyl (C=O) groups excluding carboxylic acids is 1. The van der Waals surface area contributed by atoms with E-state index in [4.69, 9.17) is 9.47 Å². The van der Waals surface area contributed by atoms with Gasteiger partial charge in [-0.1, -0.05) is 115 Å². The summed E-state index contributed by atoms with van der Waals surface area (Å²) in [6.45, 7) is 3.27. The van der Waals surface area contributed by atoms with E-state index in [1.165, 1.54) is 51.4 Å². The van der Waals surface area contributed by atoms with Crippen LogP contribution >= 0.6 is 0 Å². The fourth-order valence-corrected chi connectivity index (χ4v) is 5.42. The van der Waals surface area contributed by atoms with Gasteiger partial charge in [0.1, 0.15) is 36.6 Å². The van der Waals surface area contributed by atoms with Crippen molar-refractivity contribution in [2.45, 2.75) is 178 Å². The Labute approximate surface area is 276 Å². The van der Waals surface area contributed by atoms with Crippen LogP contribution in [0.25, 0.3) is 0 Å². The molecule has 11 heteroatoms. The standard InChI is InChI=1S/C35H65NO10/c1-3-5-7-9-11-12-13-14-15-17-19-21-23-28(39)34(44)36-26(30(40)27(38)22-20-18-16-10-8-6-4-2)25-45-35-33(43)32(42)31(41)29(24-37)46-35/h14-15,19,21,26-33,35,37-43H,3-13,16-18,20,22-25H2,1-2H3,(H,36,44)/b15-14-,21-19-. The first-order chi connectivity index (χ1) is 22.2. The van der Waals surface area contributed by atoms with E-state index in [1.54, 1.807) is 6.08 Å². The topological polar surface area (TPSA) is 189 Å². The molecule has 1 rings (SSSR count). The smallest absolute Gasteiger partial charge is 0.249 e. The fraction of sp³-hybridized carbons (Fsp3) is 0.857. The molecule has 46 heavy (non-hydrogen) atoms. The molecule has 9 unspecified atom stereocenters. The molecular formula is C35H65NO10. The predicted octanol–water partition coefficient (Wildman–Crippen LogP) is 3.15. The van der Waals surface area contributed by atoms with Crippen molar-refractivity contribution in [2.75, 3.05) is 13.2 Å². The van der Waals surface area contributed by atoms with Crippen LogP contribution in [0.3, 0.4) is 0 Å². The Morgan fingerprint density at radius 3 is 2.00 bits per heavy atom. The summed E-state index contributed by atoms with van der Waals surface area (Å²) in [7, 11) is 0. The molecule has 1 aliphatic heterocycles. The molecule has 0 aromatic heterocycles. The summed E-state index contributed by atoms with van der Waals surface area (Å²) >= 11 is 0. The summed E-state index contributed by atoms with van der Waals surface area (Å²) in [5, 5.41) is 74.6. The van der Waals surface area contributed by atoms with E-state index >= 15 is 0 Å². The predicted molar refractivity (Wildman–Crippen MR) is 178 cm³/mol. The number of aliphatic hydroxyl groups excluding tert-OH is 7. The third kappa shape index (κ3) is 17.7. The minimum absolute atomic E-state index is 0.0497. The van der Waals surface area contributed by atoms with Crippen molar-refractivity contribution in [1.82, 2.24) is 5.32 Å². The SMILES string of the molecule is CCCCCCCC/C=C\C/C=C\CC(O)C(=O)NC(COC1OC(CO)C(O)C(O)C1O)C(O)C(O)CCCCCCCCC. The number of aliphatic hydroxyl groups is 7. The summed E-state index contributed by atoms with van der Waals surface area (Å²) in [5.41, 5.74) is 0. The molecule has 270 valence electrons. The number of nitrogens with one attached hydrogen (secondary N) is 1. The molecule has 0 saturated carbocycles. The first-order valence-electron chi connectivity index (χ1n) is 17.7. The normalized spacial score (nSPS) is 24.8. The minimum Gasteiger partial charge on any atom is -0.394 e. The third-order valence-corrected chi connectivity index (χ3v) is 8.52. The molecule has 8 N–H and O–H groups in total. The van der Waals surface area contributed by atoms with Gasteiger partial charge in [0, 0.05) is 6.42 Å². The summed E-state index contributed by atoms with van der Waals surface area (Å²) in [6, 6.07) is -1.19. The zero-order valence-corrected chi connectivity index (χ0v) is 28.3. The van der Waals surface area contributed by atoms with Gasteiger partial charge in [-0.15, -0.1) is 0 Å². The van der Waals surface area contributed by atoms with Crippen molar-refractivity contribution in [1.29, 1.82) is 0 Å². The van der Waals surface area contributed by atoms with Crippen LogP contribution in [0.15, 0.2) is 24.3 Å². The highest BCUT2D eigenvalue weighted by molar-refractivity contribution is 5.81. The molecule has 0 aromatic carbocycles. The Hall–Kier alpha value is -1.41. The molecule has 0 spiro atoms. The highest BCUT2D eigenvalue weighted by Crippen LogP contribution is 2.23. The van der Waals surface area contributed by atoms with Crippen molar-refractivity contribution >= 4 is 5.91 Å². The van der Waals surface area contributed by atoms with E-state index in [-0.39, 0.29) is 6.42 Å². The lowest BCUT2D eigenvalue weighted by Crippen LogP contribution is -2.60. The van der Waals surface area contributed by atoms with Gasteiger partial charge in [0.2, 0.25) is 5.91 Å². The molecule has 0 aliphatic carbocycles. The monoisotopic (exact) mass is 659 g/mol. The Kier molecular flexibility index (Phi) is 24.6. The second kappa shape index (κ2) is 26.5. The average molecular weight is 660 g/mol. The van der Waals surface area contributed by atoms with E-state index in [0.29, 0.717) is 19.3 Å². The second-order valence-electron chi connectivity index (χ2n) is 12.6. The molecular weight excluding hydrogens is 594 g/mol. The van der Waals surface area contributed by atoms with Crippen LogP contribution in [-0.4, -0.2) is 110 Å². The lowest BCUT2D eigenvalue weighted by atomic mass is 9.98. The Bertz CT molecular complexity index is 810. The van der Waals surface area contributed by atoms with Gasteiger partial charge in [-0.3, -0.25) is 4.79 Å². The highest BCUT2D eigenvalue weighted by Gasteiger charge is 2.44. The van der Waals surface area contributed by atoms with Crippen LogP contribution in [0, 0.1) is 0 Å². The quantitative estimate of drug-likeness (QED) is 0.0481. The Balaban J connectivity index is 2.67. The number of allylic oxidation sites excluding steroid dienone is 3. The van der Waals surface area contributed by atoms with Gasteiger partial charge in [-0.2, -0.15) is 0 Å². The van der Waals surface area contributed by atoms with Crippen molar-refractivity contribution in [3.63, 3.8) is 0 Å². The number of carbonyl (C=O) groups is 1. The molecule has 1 heterocycles. The van der Waals surface area contributed by atoms with Gasteiger partial charge in [-0.05, 0) is 25.7 Å². The summed E-state index contributed by atoms with van der Waals surface area (Å²) in [6.07, 6.45) is 12.9. The lowest BCUT2D eigenvalue weighted by Gasteiger charge is -2.40. The summed E-state index contributed by atoms with van der Waals surface area (Å²) < 4.78 is 10.9.